The quantitative estimate of drug-likeness (QED) is 0.787. The van der Waals surface area contributed by atoms with Crippen LogP contribution in [0.5, 0.6) is 11.5 Å². The molecule has 2 aromatic rings. The van der Waals surface area contributed by atoms with Crippen LogP contribution in [-0.2, 0) is 6.54 Å². The van der Waals surface area contributed by atoms with Crippen molar-refractivity contribution in [2.75, 3.05) is 6.54 Å². The van der Waals surface area contributed by atoms with Crippen molar-refractivity contribution in [1.82, 2.24) is 5.32 Å². The molecule has 112 valence electrons. The smallest absolute Gasteiger partial charge is 0.165 e. The molecule has 0 amide bonds. The molecule has 2 rings (SSSR count). The second-order valence-electron chi connectivity index (χ2n) is 4.96. The highest BCUT2D eigenvalue weighted by Crippen LogP contribution is 2.28. The number of hydrogen-bond acceptors (Lipinski definition) is 2. The number of rotatable bonds is 6. The Morgan fingerprint density at radius 3 is 2.62 bits per heavy atom. The Labute approximate surface area is 123 Å². The topological polar surface area (TPSA) is 21.3 Å². The van der Waals surface area contributed by atoms with E-state index in [-0.39, 0.29) is 11.6 Å². The highest BCUT2D eigenvalue weighted by Gasteiger charge is 2.10. The van der Waals surface area contributed by atoms with Crippen molar-refractivity contribution in [3.8, 4) is 11.5 Å². The molecule has 0 atom stereocenters. The maximum absolute atomic E-state index is 13.8. The van der Waals surface area contributed by atoms with Crippen LogP contribution >= 0.6 is 0 Å². The van der Waals surface area contributed by atoms with E-state index < -0.39 is 5.82 Å². The third-order valence-electron chi connectivity index (χ3n) is 3.07. The van der Waals surface area contributed by atoms with Gasteiger partial charge in [-0.05, 0) is 55.8 Å². The predicted molar refractivity (Wildman–Crippen MR) is 79.6 cm³/mol. The largest absolute Gasteiger partial charge is 0.454 e. The summed E-state index contributed by atoms with van der Waals surface area (Å²) in [6.45, 7) is 5.22. The van der Waals surface area contributed by atoms with Crippen LogP contribution in [0.1, 0.15) is 24.5 Å². The Bertz CT molecular complexity index is 614. The maximum Gasteiger partial charge on any atom is 0.165 e. The van der Waals surface area contributed by atoms with Gasteiger partial charge in [0.25, 0.3) is 0 Å². The molecule has 0 fully saturated rings. The second-order valence-corrected chi connectivity index (χ2v) is 4.96. The zero-order valence-electron chi connectivity index (χ0n) is 12.2. The van der Waals surface area contributed by atoms with Crippen LogP contribution in [0.3, 0.4) is 0 Å². The zero-order chi connectivity index (χ0) is 15.2. The second kappa shape index (κ2) is 7.18. The molecule has 0 saturated carbocycles. The van der Waals surface area contributed by atoms with Gasteiger partial charge in [0.1, 0.15) is 11.6 Å². The third-order valence-corrected chi connectivity index (χ3v) is 3.07. The van der Waals surface area contributed by atoms with Crippen LogP contribution in [0.2, 0.25) is 0 Å². The average molecular weight is 291 g/mol. The molecule has 0 aromatic heterocycles. The summed E-state index contributed by atoms with van der Waals surface area (Å²) in [5.41, 5.74) is 1.57. The molecule has 2 aromatic carbocycles. The summed E-state index contributed by atoms with van der Waals surface area (Å²) < 4.78 is 32.8. The van der Waals surface area contributed by atoms with E-state index in [1.165, 1.54) is 24.3 Å². The first kappa shape index (κ1) is 15.4. The van der Waals surface area contributed by atoms with Crippen molar-refractivity contribution >= 4 is 0 Å². The van der Waals surface area contributed by atoms with Gasteiger partial charge in [0.05, 0.1) is 0 Å². The lowest BCUT2D eigenvalue weighted by Gasteiger charge is -2.13. The van der Waals surface area contributed by atoms with Crippen molar-refractivity contribution in [2.45, 2.75) is 26.8 Å². The van der Waals surface area contributed by atoms with E-state index >= 15 is 0 Å². The number of halogens is 2. The minimum Gasteiger partial charge on any atom is -0.454 e. The molecule has 2 nitrogen and oxygen atoms in total. The van der Waals surface area contributed by atoms with Crippen LogP contribution in [0.15, 0.2) is 36.4 Å². The van der Waals surface area contributed by atoms with Gasteiger partial charge in [-0.3, -0.25) is 0 Å². The SMILES string of the molecule is CCCNCc1cc(F)ccc1Oc1cc(C)ccc1F. The van der Waals surface area contributed by atoms with E-state index in [1.54, 1.807) is 12.1 Å². The summed E-state index contributed by atoms with van der Waals surface area (Å²) in [5.74, 6) is -0.152. The van der Waals surface area contributed by atoms with Gasteiger partial charge >= 0.3 is 0 Å². The average Bonchev–Trinajstić information content (AvgIpc) is 2.46. The van der Waals surface area contributed by atoms with E-state index in [0.717, 1.165) is 18.5 Å². The molecule has 0 radical (unpaired) electrons. The summed E-state index contributed by atoms with van der Waals surface area (Å²) in [5, 5.41) is 3.19. The molecule has 0 bridgehead atoms. The van der Waals surface area contributed by atoms with Gasteiger partial charge < -0.3 is 10.1 Å². The zero-order valence-corrected chi connectivity index (χ0v) is 12.2. The Kier molecular flexibility index (Phi) is 5.28. The summed E-state index contributed by atoms with van der Waals surface area (Å²) >= 11 is 0. The molecule has 0 unspecified atom stereocenters. The van der Waals surface area contributed by atoms with Crippen LogP contribution in [0, 0.1) is 18.6 Å². The van der Waals surface area contributed by atoms with Gasteiger partial charge in [0.2, 0.25) is 0 Å². The lowest BCUT2D eigenvalue weighted by molar-refractivity contribution is 0.433. The number of hydrogen-bond donors (Lipinski definition) is 1. The van der Waals surface area contributed by atoms with Gasteiger partial charge in [0, 0.05) is 12.1 Å². The highest BCUT2D eigenvalue weighted by atomic mass is 19.1. The Balaban J connectivity index is 2.24. The van der Waals surface area contributed by atoms with Crippen molar-refractivity contribution in [3.05, 3.63) is 59.2 Å². The fourth-order valence-corrected chi connectivity index (χ4v) is 1.99. The maximum atomic E-state index is 13.8. The van der Waals surface area contributed by atoms with Crippen molar-refractivity contribution < 1.29 is 13.5 Å². The lowest BCUT2D eigenvalue weighted by atomic mass is 10.2. The normalized spacial score (nSPS) is 10.7. The predicted octanol–water partition coefficient (Wildman–Crippen LogP) is 4.57. The van der Waals surface area contributed by atoms with Gasteiger partial charge in [-0.25, -0.2) is 8.78 Å². The standard InChI is InChI=1S/C17H19F2NO/c1-3-8-20-11-13-10-14(18)5-7-16(13)21-17-9-12(2)4-6-15(17)19/h4-7,9-10,20H,3,8,11H2,1-2H3. The minimum absolute atomic E-state index is 0.151. The fraction of sp³-hybridized carbons (Fsp3) is 0.294. The van der Waals surface area contributed by atoms with Gasteiger partial charge in [-0.15, -0.1) is 0 Å². The van der Waals surface area contributed by atoms with Crippen LogP contribution in [0.4, 0.5) is 8.78 Å². The first-order valence-electron chi connectivity index (χ1n) is 7.03. The Morgan fingerprint density at radius 2 is 1.86 bits per heavy atom. The molecule has 0 spiro atoms. The summed E-state index contributed by atoms with van der Waals surface area (Å²) in [7, 11) is 0. The Morgan fingerprint density at radius 1 is 1.05 bits per heavy atom. The summed E-state index contributed by atoms with van der Waals surface area (Å²) in [6, 6.07) is 8.92. The van der Waals surface area contributed by atoms with E-state index in [0.29, 0.717) is 17.9 Å². The molecule has 0 heterocycles. The molecule has 0 saturated heterocycles. The molecule has 21 heavy (non-hydrogen) atoms. The van der Waals surface area contributed by atoms with E-state index in [2.05, 4.69) is 12.2 Å². The van der Waals surface area contributed by atoms with Crippen LogP contribution in [0.25, 0.3) is 0 Å². The summed E-state index contributed by atoms with van der Waals surface area (Å²) in [6.07, 6.45) is 0.984. The van der Waals surface area contributed by atoms with Crippen molar-refractivity contribution in [3.63, 3.8) is 0 Å². The molecular weight excluding hydrogens is 272 g/mol. The number of nitrogens with one attached hydrogen (secondary N) is 1. The lowest BCUT2D eigenvalue weighted by Crippen LogP contribution is -2.14. The molecule has 4 heteroatoms. The third kappa shape index (κ3) is 4.26. The van der Waals surface area contributed by atoms with Crippen LogP contribution in [-0.4, -0.2) is 6.54 Å². The number of ether oxygens (including phenoxy) is 1. The first-order chi connectivity index (χ1) is 10.1. The van der Waals surface area contributed by atoms with Crippen molar-refractivity contribution in [1.29, 1.82) is 0 Å². The minimum atomic E-state index is -0.433. The van der Waals surface area contributed by atoms with Crippen LogP contribution < -0.4 is 10.1 Å². The van der Waals surface area contributed by atoms with Crippen molar-refractivity contribution in [2.24, 2.45) is 0 Å². The first-order valence-corrected chi connectivity index (χ1v) is 7.03. The van der Waals surface area contributed by atoms with Gasteiger partial charge in [-0.1, -0.05) is 13.0 Å². The molecular formula is C17H19F2NO. The number of benzene rings is 2. The van der Waals surface area contributed by atoms with E-state index in [1.807, 2.05) is 6.92 Å². The van der Waals surface area contributed by atoms with E-state index in [4.69, 9.17) is 4.74 Å². The highest BCUT2D eigenvalue weighted by molar-refractivity contribution is 5.39. The Hall–Kier alpha value is -1.94. The molecule has 0 aliphatic heterocycles. The fourth-order valence-electron chi connectivity index (χ4n) is 1.99. The molecule has 0 aliphatic carbocycles. The number of aryl methyl sites for hydroxylation is 1. The molecule has 1 N–H and O–H groups in total. The summed E-state index contributed by atoms with van der Waals surface area (Å²) in [4.78, 5) is 0. The monoisotopic (exact) mass is 291 g/mol. The van der Waals surface area contributed by atoms with Gasteiger partial charge in [0.15, 0.2) is 11.6 Å². The van der Waals surface area contributed by atoms with Gasteiger partial charge in [-0.2, -0.15) is 0 Å². The van der Waals surface area contributed by atoms with E-state index in [9.17, 15) is 8.78 Å². The molecule has 0 aliphatic rings.